The highest BCUT2D eigenvalue weighted by Crippen LogP contribution is 2.27. The van der Waals surface area contributed by atoms with E-state index >= 15 is 0 Å². The minimum atomic E-state index is -1.02. The first kappa shape index (κ1) is 14.5. The van der Waals surface area contributed by atoms with E-state index in [2.05, 4.69) is 9.84 Å². The number of hydrazone groups is 1. The van der Waals surface area contributed by atoms with E-state index in [9.17, 15) is 14.7 Å². The first-order chi connectivity index (χ1) is 9.10. The standard InChI is InChI=1S/C12H14N2O5/c1-3-19-12(17)11(16)14-13-7-8-5-4-6-9(18-2)10(8)15/h4-7,15H,3H2,1-2H3,(H,14,16)/b13-7-. The number of ether oxygens (including phenoxy) is 2. The van der Waals surface area contributed by atoms with Crippen LogP contribution in [0.2, 0.25) is 0 Å². The van der Waals surface area contributed by atoms with E-state index in [1.165, 1.54) is 13.3 Å². The van der Waals surface area contributed by atoms with Crippen molar-refractivity contribution < 1.29 is 24.2 Å². The van der Waals surface area contributed by atoms with Crippen molar-refractivity contribution in [1.29, 1.82) is 0 Å². The van der Waals surface area contributed by atoms with E-state index in [-0.39, 0.29) is 18.1 Å². The van der Waals surface area contributed by atoms with Crippen molar-refractivity contribution in [3.8, 4) is 11.5 Å². The Morgan fingerprint density at radius 3 is 2.84 bits per heavy atom. The summed E-state index contributed by atoms with van der Waals surface area (Å²) in [6.07, 6.45) is 1.19. The molecule has 0 radical (unpaired) electrons. The zero-order valence-electron chi connectivity index (χ0n) is 10.5. The summed E-state index contributed by atoms with van der Waals surface area (Å²) in [7, 11) is 1.42. The zero-order valence-corrected chi connectivity index (χ0v) is 10.5. The molecule has 0 aliphatic rings. The van der Waals surface area contributed by atoms with Crippen LogP contribution in [0.1, 0.15) is 12.5 Å². The van der Waals surface area contributed by atoms with Crippen LogP contribution >= 0.6 is 0 Å². The van der Waals surface area contributed by atoms with E-state index < -0.39 is 11.9 Å². The lowest BCUT2D eigenvalue weighted by Crippen LogP contribution is -2.28. The van der Waals surface area contributed by atoms with Crippen molar-refractivity contribution >= 4 is 18.1 Å². The number of nitrogens with one attached hydrogen (secondary N) is 1. The van der Waals surface area contributed by atoms with E-state index in [1.807, 2.05) is 5.43 Å². The third-order valence-electron chi connectivity index (χ3n) is 2.08. The number of esters is 1. The van der Waals surface area contributed by atoms with Gasteiger partial charge in [-0.15, -0.1) is 0 Å². The van der Waals surface area contributed by atoms with Crippen LogP contribution in [-0.4, -0.2) is 36.9 Å². The van der Waals surface area contributed by atoms with Crippen LogP contribution in [0.4, 0.5) is 0 Å². The zero-order chi connectivity index (χ0) is 14.3. The van der Waals surface area contributed by atoms with Crippen molar-refractivity contribution in [3.63, 3.8) is 0 Å². The largest absolute Gasteiger partial charge is 0.504 e. The van der Waals surface area contributed by atoms with Crippen LogP contribution < -0.4 is 10.2 Å². The predicted molar refractivity (Wildman–Crippen MR) is 67.0 cm³/mol. The van der Waals surface area contributed by atoms with Crippen LogP contribution in [0.3, 0.4) is 0 Å². The third-order valence-corrected chi connectivity index (χ3v) is 2.08. The van der Waals surface area contributed by atoms with Gasteiger partial charge in [-0.1, -0.05) is 6.07 Å². The average Bonchev–Trinajstić information content (AvgIpc) is 2.40. The molecule has 7 heteroatoms. The maximum atomic E-state index is 11.1. The van der Waals surface area contributed by atoms with Gasteiger partial charge in [0.2, 0.25) is 0 Å². The number of methoxy groups -OCH3 is 1. The SMILES string of the molecule is CCOC(=O)C(=O)N/N=C\c1cccc(OC)c1O. The number of carbonyl (C=O) groups is 2. The van der Waals surface area contributed by atoms with Gasteiger partial charge in [0.05, 0.1) is 19.9 Å². The quantitative estimate of drug-likeness (QED) is 0.356. The van der Waals surface area contributed by atoms with Crippen molar-refractivity contribution in [3.05, 3.63) is 23.8 Å². The first-order valence-electron chi connectivity index (χ1n) is 5.46. The molecule has 0 spiro atoms. The Balaban J connectivity index is 2.68. The normalized spacial score (nSPS) is 10.2. The van der Waals surface area contributed by atoms with Crippen molar-refractivity contribution in [2.24, 2.45) is 5.10 Å². The second-order valence-corrected chi connectivity index (χ2v) is 3.32. The highest BCUT2D eigenvalue weighted by atomic mass is 16.5. The lowest BCUT2D eigenvalue weighted by atomic mass is 10.2. The smallest absolute Gasteiger partial charge is 0.398 e. The first-order valence-corrected chi connectivity index (χ1v) is 5.46. The molecule has 0 heterocycles. The number of para-hydroxylation sites is 1. The molecule has 0 saturated carbocycles. The molecule has 1 aromatic carbocycles. The number of phenolic OH excluding ortho intramolecular Hbond substituents is 1. The Morgan fingerprint density at radius 2 is 2.21 bits per heavy atom. The Morgan fingerprint density at radius 1 is 1.47 bits per heavy atom. The molecule has 0 atom stereocenters. The molecule has 0 unspecified atom stereocenters. The molecule has 7 nitrogen and oxygen atoms in total. The van der Waals surface area contributed by atoms with Gasteiger partial charge in [0.25, 0.3) is 0 Å². The fourth-order valence-corrected chi connectivity index (χ4v) is 1.21. The van der Waals surface area contributed by atoms with E-state index in [4.69, 9.17) is 4.74 Å². The second kappa shape index (κ2) is 7.00. The molecule has 0 bridgehead atoms. The highest BCUT2D eigenvalue weighted by Gasteiger charge is 2.13. The van der Waals surface area contributed by atoms with Crippen LogP contribution in [-0.2, 0) is 14.3 Å². The maximum Gasteiger partial charge on any atom is 0.398 e. The van der Waals surface area contributed by atoms with Gasteiger partial charge in [-0.05, 0) is 19.1 Å². The second-order valence-electron chi connectivity index (χ2n) is 3.32. The fourth-order valence-electron chi connectivity index (χ4n) is 1.21. The molecule has 1 rings (SSSR count). The van der Waals surface area contributed by atoms with Crippen molar-refractivity contribution in [2.75, 3.05) is 13.7 Å². The van der Waals surface area contributed by atoms with E-state index in [0.29, 0.717) is 5.56 Å². The number of rotatable bonds is 4. The summed E-state index contributed by atoms with van der Waals surface area (Å²) in [5.74, 6) is -1.84. The molecule has 102 valence electrons. The number of carbonyl (C=O) groups excluding carboxylic acids is 2. The average molecular weight is 266 g/mol. The Bertz CT molecular complexity index is 499. The van der Waals surface area contributed by atoms with Gasteiger partial charge in [0.1, 0.15) is 0 Å². The molecule has 0 saturated heterocycles. The highest BCUT2D eigenvalue weighted by molar-refractivity contribution is 6.32. The van der Waals surface area contributed by atoms with Gasteiger partial charge in [-0.3, -0.25) is 4.79 Å². The van der Waals surface area contributed by atoms with Gasteiger partial charge in [-0.2, -0.15) is 5.10 Å². The number of amides is 1. The summed E-state index contributed by atoms with van der Waals surface area (Å²) in [6.45, 7) is 1.69. The van der Waals surface area contributed by atoms with Gasteiger partial charge < -0.3 is 14.6 Å². The molecule has 0 fully saturated rings. The number of hydrogen-bond donors (Lipinski definition) is 2. The number of hydrogen-bond acceptors (Lipinski definition) is 6. The number of aromatic hydroxyl groups is 1. The molecule has 1 amide bonds. The van der Waals surface area contributed by atoms with Crippen LogP contribution in [0, 0.1) is 0 Å². The summed E-state index contributed by atoms with van der Waals surface area (Å²) >= 11 is 0. The fraction of sp³-hybridized carbons (Fsp3) is 0.250. The Labute approximate surface area is 109 Å². The van der Waals surface area contributed by atoms with Gasteiger partial charge in [-0.25, -0.2) is 10.2 Å². The van der Waals surface area contributed by atoms with Gasteiger partial charge in [0.15, 0.2) is 11.5 Å². The van der Waals surface area contributed by atoms with Crippen molar-refractivity contribution in [2.45, 2.75) is 6.92 Å². The monoisotopic (exact) mass is 266 g/mol. The minimum Gasteiger partial charge on any atom is -0.504 e. The van der Waals surface area contributed by atoms with E-state index in [1.54, 1.807) is 25.1 Å². The molecule has 0 aromatic heterocycles. The summed E-state index contributed by atoms with van der Waals surface area (Å²) < 4.78 is 9.38. The lowest BCUT2D eigenvalue weighted by molar-refractivity contribution is -0.154. The van der Waals surface area contributed by atoms with Gasteiger partial charge in [0, 0.05) is 5.56 Å². The number of phenols is 1. The summed E-state index contributed by atoms with van der Waals surface area (Å²) in [6, 6.07) is 4.79. The Hall–Kier alpha value is -2.57. The predicted octanol–water partition coefficient (Wildman–Crippen LogP) is 0.414. The molecular formula is C12H14N2O5. The van der Waals surface area contributed by atoms with Crippen LogP contribution in [0.5, 0.6) is 11.5 Å². The summed E-state index contributed by atoms with van der Waals surface area (Å²) in [4.78, 5) is 22.1. The Kier molecular flexibility index (Phi) is 5.34. The summed E-state index contributed by atoms with van der Waals surface area (Å²) in [5.41, 5.74) is 2.32. The number of benzene rings is 1. The van der Waals surface area contributed by atoms with E-state index in [0.717, 1.165) is 0 Å². The molecule has 2 N–H and O–H groups in total. The molecule has 0 aliphatic carbocycles. The maximum absolute atomic E-state index is 11.1. The van der Waals surface area contributed by atoms with Gasteiger partial charge >= 0.3 is 11.9 Å². The van der Waals surface area contributed by atoms with Crippen LogP contribution in [0.25, 0.3) is 0 Å². The van der Waals surface area contributed by atoms with Crippen molar-refractivity contribution in [1.82, 2.24) is 5.43 Å². The lowest BCUT2D eigenvalue weighted by Gasteiger charge is -2.04. The topological polar surface area (TPSA) is 97.2 Å². The minimum absolute atomic E-state index is 0.104. The molecule has 19 heavy (non-hydrogen) atoms. The third kappa shape index (κ3) is 3.98. The molecule has 0 aliphatic heterocycles. The molecule has 1 aromatic rings. The van der Waals surface area contributed by atoms with Crippen LogP contribution in [0.15, 0.2) is 23.3 Å². The summed E-state index contributed by atoms with van der Waals surface area (Å²) in [5, 5.41) is 13.3. The molecular weight excluding hydrogens is 252 g/mol. The number of nitrogens with zero attached hydrogens (tertiary/aromatic N) is 1.